The summed E-state index contributed by atoms with van der Waals surface area (Å²) in [5.41, 5.74) is 10.6. The van der Waals surface area contributed by atoms with E-state index in [1.54, 1.807) is 19.1 Å². The maximum atomic E-state index is 11.8. The van der Waals surface area contributed by atoms with E-state index in [1.807, 2.05) is 19.1 Å². The van der Waals surface area contributed by atoms with Crippen LogP contribution in [0.25, 0.3) is 0 Å². The highest BCUT2D eigenvalue weighted by Gasteiger charge is 2.19. The number of fused-ring (bicyclic) bond motifs is 1. The van der Waals surface area contributed by atoms with Gasteiger partial charge in [-0.25, -0.2) is 5.01 Å². The van der Waals surface area contributed by atoms with Gasteiger partial charge in [-0.1, -0.05) is 0 Å². The minimum absolute atomic E-state index is 0.206. The summed E-state index contributed by atoms with van der Waals surface area (Å²) in [7, 11) is 3.49. The Balaban J connectivity index is 2.09. The lowest BCUT2D eigenvalue weighted by molar-refractivity contribution is -0.126. The van der Waals surface area contributed by atoms with Crippen LogP contribution in [0.1, 0.15) is 11.1 Å². The third-order valence-electron chi connectivity index (χ3n) is 2.94. The van der Waals surface area contributed by atoms with Crippen LogP contribution in [-0.2, 0) is 11.2 Å². The summed E-state index contributed by atoms with van der Waals surface area (Å²) in [4.78, 5) is 11.8. The van der Waals surface area contributed by atoms with E-state index in [4.69, 9.17) is 15.2 Å². The molecule has 0 aliphatic carbocycles. The molecule has 0 spiro atoms. The smallest absolute Gasteiger partial charge is 0.251 e. The normalized spacial score (nSPS) is 14.6. The highest BCUT2D eigenvalue weighted by Crippen LogP contribution is 2.34. The lowest BCUT2D eigenvalue weighted by Gasteiger charge is -2.17. The fourth-order valence-corrected chi connectivity index (χ4v) is 1.94. The van der Waals surface area contributed by atoms with Crippen LogP contribution >= 0.6 is 0 Å². The second-order valence-corrected chi connectivity index (χ2v) is 4.81. The van der Waals surface area contributed by atoms with E-state index in [2.05, 4.69) is 5.43 Å². The molecule has 2 rings (SSSR count). The molecule has 1 atom stereocenters. The van der Waals surface area contributed by atoms with Crippen molar-refractivity contribution in [2.75, 3.05) is 20.9 Å². The molecule has 0 radical (unpaired) electrons. The number of hydrazine groups is 1. The molecule has 0 aromatic heterocycles. The van der Waals surface area contributed by atoms with Gasteiger partial charge in [-0.15, -0.1) is 0 Å². The zero-order valence-corrected chi connectivity index (χ0v) is 11.4. The Morgan fingerprint density at radius 3 is 2.68 bits per heavy atom. The summed E-state index contributed by atoms with van der Waals surface area (Å²) in [6.07, 6.45) is 0.460. The molecular formula is C13H19N3O3. The Hall–Kier alpha value is -1.79. The van der Waals surface area contributed by atoms with Gasteiger partial charge in [0.25, 0.3) is 5.91 Å². The molecule has 6 nitrogen and oxygen atoms in total. The van der Waals surface area contributed by atoms with Gasteiger partial charge in [0.15, 0.2) is 11.5 Å². The molecule has 19 heavy (non-hydrogen) atoms. The molecule has 6 heteroatoms. The molecule has 3 N–H and O–H groups in total. The molecule has 0 fully saturated rings. The third-order valence-corrected chi connectivity index (χ3v) is 2.94. The van der Waals surface area contributed by atoms with Crippen molar-refractivity contribution in [2.24, 2.45) is 5.73 Å². The van der Waals surface area contributed by atoms with Crippen molar-refractivity contribution >= 4 is 5.91 Å². The minimum atomic E-state index is -0.596. The van der Waals surface area contributed by atoms with Gasteiger partial charge in [0, 0.05) is 14.1 Å². The highest BCUT2D eigenvalue weighted by atomic mass is 16.7. The van der Waals surface area contributed by atoms with Crippen molar-refractivity contribution < 1.29 is 14.3 Å². The average molecular weight is 265 g/mol. The Bertz CT molecular complexity index is 488. The minimum Gasteiger partial charge on any atom is -0.454 e. The van der Waals surface area contributed by atoms with E-state index in [-0.39, 0.29) is 12.7 Å². The van der Waals surface area contributed by atoms with Gasteiger partial charge in [-0.2, -0.15) is 0 Å². The van der Waals surface area contributed by atoms with Crippen LogP contribution in [0, 0.1) is 6.92 Å². The van der Waals surface area contributed by atoms with Gasteiger partial charge < -0.3 is 15.2 Å². The number of rotatable bonds is 4. The average Bonchev–Trinajstić information content (AvgIpc) is 2.75. The number of aryl methyl sites for hydroxylation is 1. The predicted octanol–water partition coefficient (Wildman–Crippen LogP) is 0.186. The standard InChI is InChI=1S/C13H19N3O3/c1-8-4-11-12(19-7-18-11)6-9(8)5-10(14)13(17)15-16(2)3/h4,6,10H,5,7,14H2,1-3H3,(H,15,17). The summed E-state index contributed by atoms with van der Waals surface area (Å²) in [5, 5.41) is 1.58. The summed E-state index contributed by atoms with van der Waals surface area (Å²) in [6.45, 7) is 2.21. The molecule has 1 aromatic rings. The number of hydrogen-bond donors (Lipinski definition) is 2. The zero-order chi connectivity index (χ0) is 14.0. The molecule has 0 saturated carbocycles. The quantitative estimate of drug-likeness (QED) is 0.760. The van der Waals surface area contributed by atoms with Crippen LogP contribution < -0.4 is 20.6 Å². The molecule has 1 amide bonds. The number of carbonyl (C=O) groups is 1. The second kappa shape index (κ2) is 5.46. The Labute approximate surface area is 112 Å². The van der Waals surface area contributed by atoms with Gasteiger partial charge >= 0.3 is 0 Å². The fraction of sp³-hybridized carbons (Fsp3) is 0.462. The van der Waals surface area contributed by atoms with E-state index in [0.717, 1.165) is 16.9 Å². The molecule has 0 saturated heterocycles. The topological polar surface area (TPSA) is 76.8 Å². The Morgan fingerprint density at radius 2 is 2.05 bits per heavy atom. The van der Waals surface area contributed by atoms with E-state index >= 15 is 0 Å². The maximum Gasteiger partial charge on any atom is 0.251 e. The largest absolute Gasteiger partial charge is 0.454 e. The molecule has 1 heterocycles. The lowest BCUT2D eigenvalue weighted by atomic mass is 10.0. The summed E-state index contributed by atoms with van der Waals surface area (Å²) >= 11 is 0. The first-order valence-corrected chi connectivity index (χ1v) is 6.10. The summed E-state index contributed by atoms with van der Waals surface area (Å²) < 4.78 is 10.6. The van der Waals surface area contributed by atoms with Crippen molar-refractivity contribution in [1.82, 2.24) is 10.4 Å². The first kappa shape index (κ1) is 13.6. The second-order valence-electron chi connectivity index (χ2n) is 4.81. The van der Waals surface area contributed by atoms with Crippen LogP contribution in [0.2, 0.25) is 0 Å². The molecule has 1 unspecified atom stereocenters. The fourth-order valence-electron chi connectivity index (χ4n) is 1.94. The highest BCUT2D eigenvalue weighted by molar-refractivity contribution is 5.81. The maximum absolute atomic E-state index is 11.8. The zero-order valence-electron chi connectivity index (χ0n) is 11.4. The predicted molar refractivity (Wildman–Crippen MR) is 70.8 cm³/mol. The Kier molecular flexibility index (Phi) is 3.92. The van der Waals surface area contributed by atoms with Gasteiger partial charge in [-0.3, -0.25) is 10.2 Å². The van der Waals surface area contributed by atoms with Crippen LogP contribution in [-0.4, -0.2) is 37.8 Å². The van der Waals surface area contributed by atoms with Gasteiger partial charge in [0.2, 0.25) is 6.79 Å². The number of amides is 1. The molecule has 1 aliphatic heterocycles. The summed E-state index contributed by atoms with van der Waals surface area (Å²) in [5.74, 6) is 1.25. The van der Waals surface area contributed by atoms with Crippen molar-refractivity contribution in [3.63, 3.8) is 0 Å². The number of hydrogen-bond acceptors (Lipinski definition) is 5. The molecule has 1 aliphatic rings. The SMILES string of the molecule is Cc1cc2c(cc1CC(N)C(=O)NN(C)C)OCO2. The van der Waals surface area contributed by atoms with Gasteiger partial charge in [0.05, 0.1) is 6.04 Å². The first-order valence-electron chi connectivity index (χ1n) is 6.10. The van der Waals surface area contributed by atoms with Crippen LogP contribution in [0.5, 0.6) is 11.5 Å². The number of nitrogens with two attached hydrogens (primary N) is 1. The van der Waals surface area contributed by atoms with Crippen LogP contribution in [0.4, 0.5) is 0 Å². The van der Waals surface area contributed by atoms with E-state index in [1.165, 1.54) is 0 Å². The lowest BCUT2D eigenvalue weighted by Crippen LogP contribution is -2.47. The van der Waals surface area contributed by atoms with Crippen LogP contribution in [0.15, 0.2) is 12.1 Å². The molecule has 1 aromatic carbocycles. The molecule has 104 valence electrons. The van der Waals surface area contributed by atoms with Crippen molar-refractivity contribution in [1.29, 1.82) is 0 Å². The number of ether oxygens (including phenoxy) is 2. The molecular weight excluding hydrogens is 246 g/mol. The van der Waals surface area contributed by atoms with E-state index in [0.29, 0.717) is 12.2 Å². The van der Waals surface area contributed by atoms with E-state index in [9.17, 15) is 4.79 Å². The first-order chi connectivity index (χ1) is 8.97. The third kappa shape index (κ3) is 3.15. The number of carbonyl (C=O) groups excluding carboxylic acids is 1. The number of benzene rings is 1. The summed E-state index contributed by atoms with van der Waals surface area (Å²) in [6, 6.07) is 3.20. The number of nitrogens with zero attached hydrogens (tertiary/aromatic N) is 1. The van der Waals surface area contributed by atoms with Gasteiger partial charge in [0.1, 0.15) is 0 Å². The monoisotopic (exact) mass is 265 g/mol. The van der Waals surface area contributed by atoms with Gasteiger partial charge in [-0.05, 0) is 36.6 Å². The Morgan fingerprint density at radius 1 is 1.42 bits per heavy atom. The number of nitrogens with one attached hydrogen (secondary N) is 1. The van der Waals surface area contributed by atoms with Crippen molar-refractivity contribution in [2.45, 2.75) is 19.4 Å². The van der Waals surface area contributed by atoms with Crippen molar-refractivity contribution in [3.05, 3.63) is 23.3 Å². The van der Waals surface area contributed by atoms with E-state index < -0.39 is 6.04 Å². The van der Waals surface area contributed by atoms with Crippen LogP contribution in [0.3, 0.4) is 0 Å². The van der Waals surface area contributed by atoms with Crippen molar-refractivity contribution in [3.8, 4) is 11.5 Å². The molecule has 0 bridgehead atoms.